The van der Waals surface area contributed by atoms with E-state index in [1.807, 2.05) is 0 Å². The number of halogens is 2. The Labute approximate surface area is 211 Å². The fourth-order valence-electron chi connectivity index (χ4n) is 3.25. The summed E-state index contributed by atoms with van der Waals surface area (Å²) in [6.07, 6.45) is -0.200. The first-order valence-electron chi connectivity index (χ1n) is 10.7. The molecule has 1 aromatic heterocycles. The normalized spacial score (nSPS) is 11.6. The molecule has 9 nitrogen and oxygen atoms in total. The molecule has 0 aliphatic rings. The van der Waals surface area contributed by atoms with Crippen LogP contribution in [-0.4, -0.2) is 42.0 Å². The van der Waals surface area contributed by atoms with Gasteiger partial charge in [-0.1, -0.05) is 35.3 Å². The number of para-hydroxylation sites is 1. The van der Waals surface area contributed by atoms with Crippen LogP contribution in [0.3, 0.4) is 0 Å². The van der Waals surface area contributed by atoms with Crippen molar-refractivity contribution in [3.63, 3.8) is 0 Å². The lowest BCUT2D eigenvalue weighted by molar-refractivity contribution is -0.125. The summed E-state index contributed by atoms with van der Waals surface area (Å²) in [5, 5.41) is 18.5. The van der Waals surface area contributed by atoms with Crippen LogP contribution in [0.1, 0.15) is 22.5 Å². The molecule has 1 heterocycles. The number of nitrogens with one attached hydrogen (secondary N) is 3. The lowest BCUT2D eigenvalue weighted by atomic mass is 10.1. The van der Waals surface area contributed by atoms with Crippen LogP contribution in [0.15, 0.2) is 59.0 Å². The van der Waals surface area contributed by atoms with Gasteiger partial charge in [0.2, 0.25) is 11.8 Å². The minimum absolute atomic E-state index is 0.0683. The van der Waals surface area contributed by atoms with Crippen molar-refractivity contribution in [2.24, 2.45) is 5.73 Å². The molecule has 3 aromatic rings. The Morgan fingerprint density at radius 2 is 1.83 bits per heavy atom. The number of anilines is 1. The third-order valence-corrected chi connectivity index (χ3v) is 5.53. The summed E-state index contributed by atoms with van der Waals surface area (Å²) >= 11 is 12.3. The number of rotatable bonds is 11. The van der Waals surface area contributed by atoms with E-state index in [0.717, 1.165) is 0 Å². The minimum Gasteiger partial charge on any atom is -0.478 e. The Hall–Kier alpha value is -3.37. The fraction of sp³-hybridized carbons (Fsp3) is 0.208. The van der Waals surface area contributed by atoms with Crippen molar-refractivity contribution < 1.29 is 23.9 Å². The topological polar surface area (TPSA) is 147 Å². The van der Waals surface area contributed by atoms with Gasteiger partial charge in [-0.25, -0.2) is 4.79 Å². The Balaban J connectivity index is 1.74. The van der Waals surface area contributed by atoms with E-state index in [4.69, 9.17) is 33.4 Å². The number of nitrogens with two attached hydrogens (primary N) is 1. The number of hydrogen-bond acceptors (Lipinski definition) is 6. The number of furan rings is 1. The van der Waals surface area contributed by atoms with Crippen LogP contribution in [0.25, 0.3) is 11.3 Å². The predicted octanol–water partition coefficient (Wildman–Crippen LogP) is 3.51. The number of benzene rings is 2. The van der Waals surface area contributed by atoms with E-state index in [0.29, 0.717) is 27.1 Å². The summed E-state index contributed by atoms with van der Waals surface area (Å²) < 4.78 is 5.84. The highest BCUT2D eigenvalue weighted by Gasteiger charge is 2.24. The number of aromatic carboxylic acids is 1. The van der Waals surface area contributed by atoms with Crippen molar-refractivity contribution in [2.45, 2.75) is 19.0 Å². The average molecular weight is 519 g/mol. The Morgan fingerprint density at radius 1 is 1.06 bits per heavy atom. The second kappa shape index (κ2) is 12.4. The molecule has 0 bridgehead atoms. The standard InChI is InChI=1S/C24H24Cl2N4O5/c25-14-5-7-18(26)17(11-14)21-8-6-15(35-21)13-29-20(12-22(31)28-10-9-27)23(32)30-19-4-2-1-3-16(19)24(33)34/h1-8,11,20,29H,9-10,12-13,27H2,(H,28,31)(H,30,32)(H,33,34). The smallest absolute Gasteiger partial charge is 0.337 e. The van der Waals surface area contributed by atoms with Gasteiger partial charge in [-0.2, -0.15) is 0 Å². The number of carbonyl (C=O) groups excluding carboxylic acids is 2. The highest BCUT2D eigenvalue weighted by Crippen LogP contribution is 2.31. The molecule has 0 aliphatic heterocycles. The molecule has 1 atom stereocenters. The number of carbonyl (C=O) groups is 3. The van der Waals surface area contributed by atoms with Crippen molar-refractivity contribution in [2.75, 3.05) is 18.4 Å². The van der Waals surface area contributed by atoms with Gasteiger partial charge in [0.15, 0.2) is 0 Å². The van der Waals surface area contributed by atoms with E-state index in [2.05, 4.69) is 16.0 Å². The molecule has 35 heavy (non-hydrogen) atoms. The summed E-state index contributed by atoms with van der Waals surface area (Å²) in [5.74, 6) is -1.17. The molecule has 3 rings (SSSR count). The van der Waals surface area contributed by atoms with Gasteiger partial charge in [0.1, 0.15) is 11.5 Å². The van der Waals surface area contributed by atoms with Crippen LogP contribution < -0.4 is 21.7 Å². The highest BCUT2D eigenvalue weighted by molar-refractivity contribution is 6.35. The van der Waals surface area contributed by atoms with E-state index < -0.39 is 17.9 Å². The van der Waals surface area contributed by atoms with Crippen molar-refractivity contribution in [1.29, 1.82) is 0 Å². The molecule has 11 heteroatoms. The van der Waals surface area contributed by atoms with Gasteiger partial charge in [-0.05, 0) is 42.5 Å². The largest absolute Gasteiger partial charge is 0.478 e. The van der Waals surface area contributed by atoms with Gasteiger partial charge in [0, 0.05) is 23.7 Å². The number of carboxylic acids is 1. The van der Waals surface area contributed by atoms with Gasteiger partial charge in [-0.3, -0.25) is 14.9 Å². The average Bonchev–Trinajstić information content (AvgIpc) is 3.30. The van der Waals surface area contributed by atoms with E-state index in [1.165, 1.54) is 12.1 Å². The van der Waals surface area contributed by atoms with Crippen LogP contribution in [0.4, 0.5) is 5.69 Å². The van der Waals surface area contributed by atoms with Gasteiger partial charge in [-0.15, -0.1) is 0 Å². The maximum Gasteiger partial charge on any atom is 0.337 e. The molecule has 2 amide bonds. The second-order valence-corrected chi connectivity index (χ2v) is 8.35. The summed E-state index contributed by atoms with van der Waals surface area (Å²) in [7, 11) is 0. The third-order valence-electron chi connectivity index (χ3n) is 4.97. The molecule has 184 valence electrons. The van der Waals surface area contributed by atoms with Gasteiger partial charge in [0.05, 0.1) is 35.3 Å². The van der Waals surface area contributed by atoms with Gasteiger partial charge >= 0.3 is 5.97 Å². The summed E-state index contributed by atoms with van der Waals surface area (Å²) in [4.78, 5) is 36.7. The van der Waals surface area contributed by atoms with Crippen LogP contribution >= 0.6 is 23.2 Å². The SMILES string of the molecule is NCCNC(=O)CC(NCc1ccc(-c2cc(Cl)ccc2Cl)o1)C(=O)Nc1ccccc1C(=O)O. The molecule has 0 spiro atoms. The maximum atomic E-state index is 13.0. The summed E-state index contributed by atoms with van der Waals surface area (Å²) in [5.41, 5.74) is 6.09. The predicted molar refractivity (Wildman–Crippen MR) is 134 cm³/mol. The molecular formula is C24H24Cl2N4O5. The van der Waals surface area contributed by atoms with Crippen LogP contribution in [0, 0.1) is 0 Å². The lowest BCUT2D eigenvalue weighted by Gasteiger charge is -2.18. The molecule has 2 aromatic carbocycles. The van der Waals surface area contributed by atoms with E-state index >= 15 is 0 Å². The van der Waals surface area contributed by atoms with E-state index in [-0.39, 0.29) is 43.2 Å². The second-order valence-electron chi connectivity index (χ2n) is 7.51. The van der Waals surface area contributed by atoms with Gasteiger partial charge < -0.3 is 25.9 Å². The van der Waals surface area contributed by atoms with Crippen LogP contribution in [-0.2, 0) is 16.1 Å². The molecular weight excluding hydrogens is 495 g/mol. The van der Waals surface area contributed by atoms with Crippen molar-refractivity contribution in [3.05, 3.63) is 76.0 Å². The fourth-order valence-corrected chi connectivity index (χ4v) is 3.64. The highest BCUT2D eigenvalue weighted by atomic mass is 35.5. The molecule has 0 fully saturated rings. The Kier molecular flexibility index (Phi) is 9.27. The molecule has 0 radical (unpaired) electrons. The van der Waals surface area contributed by atoms with Crippen LogP contribution in [0.2, 0.25) is 10.0 Å². The van der Waals surface area contributed by atoms with Crippen molar-refractivity contribution in [3.8, 4) is 11.3 Å². The molecule has 1 unspecified atom stereocenters. The Morgan fingerprint density at radius 3 is 2.57 bits per heavy atom. The van der Waals surface area contributed by atoms with Crippen molar-refractivity contribution >= 4 is 46.7 Å². The first kappa shape index (κ1) is 26.2. The maximum absolute atomic E-state index is 13.0. The van der Waals surface area contributed by atoms with Crippen LogP contribution in [0.5, 0.6) is 0 Å². The third kappa shape index (κ3) is 7.30. The Bertz CT molecular complexity index is 1210. The zero-order chi connectivity index (χ0) is 25.4. The monoisotopic (exact) mass is 518 g/mol. The van der Waals surface area contributed by atoms with Gasteiger partial charge in [0.25, 0.3) is 0 Å². The first-order valence-corrected chi connectivity index (χ1v) is 11.4. The van der Waals surface area contributed by atoms with E-state index in [1.54, 1.807) is 42.5 Å². The molecule has 0 aliphatic carbocycles. The lowest BCUT2D eigenvalue weighted by Crippen LogP contribution is -2.44. The number of carboxylic acid groups (broad SMARTS) is 1. The molecule has 0 saturated carbocycles. The summed E-state index contributed by atoms with van der Waals surface area (Å²) in [6.45, 7) is 0.626. The summed E-state index contributed by atoms with van der Waals surface area (Å²) in [6, 6.07) is 13.5. The molecule has 0 saturated heterocycles. The number of amides is 2. The minimum atomic E-state index is -1.19. The van der Waals surface area contributed by atoms with E-state index in [9.17, 15) is 19.5 Å². The molecule has 6 N–H and O–H groups in total. The zero-order valence-electron chi connectivity index (χ0n) is 18.5. The van der Waals surface area contributed by atoms with Crippen molar-refractivity contribution in [1.82, 2.24) is 10.6 Å². The zero-order valence-corrected chi connectivity index (χ0v) is 20.0. The first-order chi connectivity index (χ1) is 16.8. The number of hydrogen-bond donors (Lipinski definition) is 5. The quantitative estimate of drug-likeness (QED) is 0.261.